The van der Waals surface area contributed by atoms with Gasteiger partial charge in [-0.3, -0.25) is 0 Å². The molecule has 0 spiro atoms. The zero-order valence-corrected chi connectivity index (χ0v) is 15.8. The van der Waals surface area contributed by atoms with Crippen LogP contribution in [0.1, 0.15) is 13.8 Å². The zero-order chi connectivity index (χ0) is 18.5. The third-order valence-electron chi connectivity index (χ3n) is 3.37. The first-order valence-corrected chi connectivity index (χ1v) is 8.85. The molecule has 3 rings (SSSR count). The first kappa shape index (κ1) is 18.3. The largest absolute Gasteiger partial charge is 0.489 e. The van der Waals surface area contributed by atoms with Gasteiger partial charge in [-0.1, -0.05) is 41.4 Å². The Morgan fingerprint density at radius 3 is 2.38 bits per heavy atom. The van der Waals surface area contributed by atoms with Crippen LogP contribution < -0.4 is 15.4 Å². The van der Waals surface area contributed by atoms with Gasteiger partial charge in [0.2, 0.25) is 5.95 Å². The molecular formula is C19H18Cl2N4O. The fraction of sp³-hybridized carbons (Fsp3) is 0.158. The minimum atomic E-state index is 0.0722. The highest BCUT2D eigenvalue weighted by atomic mass is 35.5. The van der Waals surface area contributed by atoms with E-state index < -0.39 is 0 Å². The molecule has 2 N–H and O–H groups in total. The van der Waals surface area contributed by atoms with E-state index in [-0.39, 0.29) is 6.10 Å². The number of hydrogen-bond acceptors (Lipinski definition) is 5. The van der Waals surface area contributed by atoms with Crippen molar-refractivity contribution in [2.24, 2.45) is 0 Å². The van der Waals surface area contributed by atoms with Crippen molar-refractivity contribution < 1.29 is 4.74 Å². The van der Waals surface area contributed by atoms with Crippen LogP contribution in [0, 0.1) is 0 Å². The van der Waals surface area contributed by atoms with Crippen LogP contribution in [0.4, 0.5) is 23.1 Å². The Balaban J connectivity index is 1.83. The first-order valence-electron chi connectivity index (χ1n) is 8.09. The van der Waals surface area contributed by atoms with Crippen molar-refractivity contribution in [3.05, 3.63) is 64.8 Å². The molecular weight excluding hydrogens is 371 g/mol. The van der Waals surface area contributed by atoms with E-state index >= 15 is 0 Å². The van der Waals surface area contributed by atoms with Crippen molar-refractivity contribution in [2.45, 2.75) is 20.0 Å². The molecule has 0 unspecified atom stereocenters. The highest BCUT2D eigenvalue weighted by molar-refractivity contribution is 6.39. The number of para-hydroxylation sites is 3. The molecule has 0 aliphatic carbocycles. The summed E-state index contributed by atoms with van der Waals surface area (Å²) in [6, 6.07) is 14.7. The third-order valence-corrected chi connectivity index (χ3v) is 4.00. The summed E-state index contributed by atoms with van der Waals surface area (Å²) < 4.78 is 5.82. The minimum Gasteiger partial charge on any atom is -0.489 e. The lowest BCUT2D eigenvalue weighted by Gasteiger charge is -2.15. The Labute approximate surface area is 162 Å². The average Bonchev–Trinajstić information content (AvgIpc) is 2.60. The van der Waals surface area contributed by atoms with Gasteiger partial charge in [0.25, 0.3) is 0 Å². The Bertz CT molecular complexity index is 882. The molecule has 0 saturated carbocycles. The number of nitrogens with zero attached hydrogens (tertiary/aromatic N) is 2. The molecule has 3 aromatic rings. The zero-order valence-electron chi connectivity index (χ0n) is 14.3. The molecule has 134 valence electrons. The first-order chi connectivity index (χ1) is 12.5. The summed E-state index contributed by atoms with van der Waals surface area (Å²) in [7, 11) is 0. The van der Waals surface area contributed by atoms with Gasteiger partial charge >= 0.3 is 0 Å². The van der Waals surface area contributed by atoms with Crippen molar-refractivity contribution >= 4 is 46.3 Å². The molecule has 0 amide bonds. The summed E-state index contributed by atoms with van der Waals surface area (Å²) in [6.07, 6.45) is 1.72. The van der Waals surface area contributed by atoms with E-state index in [1.807, 2.05) is 38.1 Å². The number of aromatic nitrogens is 2. The van der Waals surface area contributed by atoms with Gasteiger partial charge in [0.05, 0.1) is 27.5 Å². The molecule has 0 aliphatic rings. The minimum absolute atomic E-state index is 0.0722. The topological polar surface area (TPSA) is 59.1 Å². The molecule has 26 heavy (non-hydrogen) atoms. The maximum atomic E-state index is 6.18. The Morgan fingerprint density at radius 2 is 1.65 bits per heavy atom. The number of anilines is 4. The van der Waals surface area contributed by atoms with Crippen LogP contribution in [-0.4, -0.2) is 16.1 Å². The van der Waals surface area contributed by atoms with Gasteiger partial charge in [-0.15, -0.1) is 0 Å². The highest BCUT2D eigenvalue weighted by Gasteiger charge is 2.09. The quantitative estimate of drug-likeness (QED) is 0.537. The summed E-state index contributed by atoms with van der Waals surface area (Å²) in [5, 5.41) is 7.30. The van der Waals surface area contributed by atoms with Crippen LogP contribution >= 0.6 is 23.2 Å². The van der Waals surface area contributed by atoms with Gasteiger partial charge in [0, 0.05) is 6.20 Å². The smallest absolute Gasteiger partial charge is 0.229 e. The molecule has 7 heteroatoms. The maximum Gasteiger partial charge on any atom is 0.229 e. The van der Waals surface area contributed by atoms with E-state index in [0.717, 1.165) is 11.4 Å². The molecule has 0 aliphatic heterocycles. The van der Waals surface area contributed by atoms with E-state index in [4.69, 9.17) is 27.9 Å². The van der Waals surface area contributed by atoms with Crippen LogP contribution in [0.2, 0.25) is 10.0 Å². The highest BCUT2D eigenvalue weighted by Crippen LogP contribution is 2.32. The molecule has 0 fully saturated rings. The lowest BCUT2D eigenvalue weighted by atomic mass is 10.3. The molecule has 0 saturated heterocycles. The van der Waals surface area contributed by atoms with Crippen LogP contribution in [0.25, 0.3) is 0 Å². The van der Waals surface area contributed by atoms with Crippen molar-refractivity contribution in [3.8, 4) is 5.75 Å². The van der Waals surface area contributed by atoms with Gasteiger partial charge in [-0.05, 0) is 44.2 Å². The van der Waals surface area contributed by atoms with Gasteiger partial charge in [-0.25, -0.2) is 4.98 Å². The lowest BCUT2D eigenvalue weighted by molar-refractivity contribution is 0.244. The van der Waals surface area contributed by atoms with E-state index in [0.29, 0.717) is 27.5 Å². The third kappa shape index (κ3) is 4.56. The average molecular weight is 389 g/mol. The van der Waals surface area contributed by atoms with E-state index in [1.165, 1.54) is 0 Å². The van der Waals surface area contributed by atoms with Crippen LogP contribution in [0.3, 0.4) is 0 Å². The van der Waals surface area contributed by atoms with E-state index in [2.05, 4.69) is 20.6 Å². The van der Waals surface area contributed by atoms with Crippen molar-refractivity contribution in [1.82, 2.24) is 9.97 Å². The standard InChI is InChI=1S/C19H18Cl2N4O/c1-12(2)26-16-9-4-3-8-15(16)23-17-10-11-22-19(24-17)25-18-13(20)6-5-7-14(18)21/h3-12H,1-2H3,(H2,22,23,24,25). The fourth-order valence-electron chi connectivity index (χ4n) is 2.28. The Morgan fingerprint density at radius 1 is 0.923 bits per heavy atom. The number of nitrogens with one attached hydrogen (secondary N) is 2. The number of ether oxygens (including phenoxy) is 1. The number of hydrogen-bond donors (Lipinski definition) is 2. The molecule has 0 radical (unpaired) electrons. The molecule has 1 aromatic heterocycles. The van der Waals surface area contributed by atoms with Crippen LogP contribution in [0.5, 0.6) is 5.75 Å². The number of rotatable bonds is 6. The predicted octanol–water partition coefficient (Wildman–Crippen LogP) is 6.06. The Hall–Kier alpha value is -2.50. The lowest BCUT2D eigenvalue weighted by Crippen LogP contribution is -2.08. The number of halogens is 2. The summed E-state index contributed by atoms with van der Waals surface area (Å²) in [4.78, 5) is 8.68. The number of benzene rings is 2. The van der Waals surface area contributed by atoms with Gasteiger partial charge in [-0.2, -0.15) is 4.98 Å². The van der Waals surface area contributed by atoms with Gasteiger partial charge in [0.15, 0.2) is 0 Å². The molecule has 2 aromatic carbocycles. The monoisotopic (exact) mass is 388 g/mol. The van der Waals surface area contributed by atoms with Crippen LogP contribution in [0.15, 0.2) is 54.7 Å². The fourth-order valence-corrected chi connectivity index (χ4v) is 2.77. The summed E-state index contributed by atoms with van der Waals surface area (Å²) in [5.41, 5.74) is 1.39. The second-order valence-corrected chi connectivity index (χ2v) is 6.59. The van der Waals surface area contributed by atoms with Crippen LogP contribution in [-0.2, 0) is 0 Å². The second-order valence-electron chi connectivity index (χ2n) is 5.77. The SMILES string of the molecule is CC(C)Oc1ccccc1Nc1ccnc(Nc2c(Cl)cccc2Cl)n1. The summed E-state index contributed by atoms with van der Waals surface area (Å²) in [6.45, 7) is 3.97. The molecule has 1 heterocycles. The summed E-state index contributed by atoms with van der Waals surface area (Å²) >= 11 is 12.4. The van der Waals surface area contributed by atoms with Crippen molar-refractivity contribution in [3.63, 3.8) is 0 Å². The van der Waals surface area contributed by atoms with E-state index in [1.54, 1.807) is 30.5 Å². The van der Waals surface area contributed by atoms with Gasteiger partial charge in [0.1, 0.15) is 11.6 Å². The van der Waals surface area contributed by atoms with E-state index in [9.17, 15) is 0 Å². The molecule has 5 nitrogen and oxygen atoms in total. The maximum absolute atomic E-state index is 6.18. The normalized spacial score (nSPS) is 10.7. The van der Waals surface area contributed by atoms with Crippen molar-refractivity contribution in [2.75, 3.05) is 10.6 Å². The molecule has 0 atom stereocenters. The Kier molecular flexibility index (Phi) is 5.81. The predicted molar refractivity (Wildman–Crippen MR) is 107 cm³/mol. The second kappa shape index (κ2) is 8.25. The van der Waals surface area contributed by atoms with Gasteiger partial charge < -0.3 is 15.4 Å². The van der Waals surface area contributed by atoms with Crippen molar-refractivity contribution in [1.29, 1.82) is 0 Å². The molecule has 0 bridgehead atoms. The summed E-state index contributed by atoms with van der Waals surface area (Å²) in [5.74, 6) is 1.75.